The number of carbonyl (C=O) groups is 2. The van der Waals surface area contributed by atoms with Gasteiger partial charge in [0.25, 0.3) is 0 Å². The summed E-state index contributed by atoms with van der Waals surface area (Å²) in [5.74, 6) is -0.669. The largest absolute Gasteiger partial charge is 0.493 e. The molecule has 0 bridgehead atoms. The molecule has 0 fully saturated rings. The van der Waals surface area contributed by atoms with Crippen molar-refractivity contribution in [3.63, 3.8) is 0 Å². The molecule has 1 N–H and O–H groups in total. The zero-order valence-electron chi connectivity index (χ0n) is 12.6. The van der Waals surface area contributed by atoms with Crippen molar-refractivity contribution < 1.29 is 19.4 Å². The van der Waals surface area contributed by atoms with Gasteiger partial charge in [0, 0.05) is 17.7 Å². The molecule has 0 aliphatic carbocycles. The van der Waals surface area contributed by atoms with E-state index in [-0.39, 0.29) is 18.5 Å². The highest BCUT2D eigenvalue weighted by Crippen LogP contribution is 2.19. The molecule has 0 aliphatic rings. The molecular formula is C16H21NO4. The molecule has 5 nitrogen and oxygen atoms in total. The summed E-state index contributed by atoms with van der Waals surface area (Å²) in [6.07, 6.45) is 3.02. The van der Waals surface area contributed by atoms with E-state index in [9.17, 15) is 9.59 Å². The number of amides is 1. The van der Waals surface area contributed by atoms with Crippen molar-refractivity contribution in [3.05, 3.63) is 35.9 Å². The number of nitrogens with zero attached hydrogens (tertiary/aromatic N) is 1. The molecule has 114 valence electrons. The normalized spacial score (nSPS) is 10.9. The molecule has 1 aromatic carbocycles. The van der Waals surface area contributed by atoms with Crippen LogP contribution < -0.4 is 4.74 Å². The molecule has 0 radical (unpaired) electrons. The van der Waals surface area contributed by atoms with Gasteiger partial charge in [0.2, 0.25) is 5.91 Å². The minimum atomic E-state index is -1.03. The predicted octanol–water partition coefficient (Wildman–Crippen LogP) is 2.42. The highest BCUT2D eigenvalue weighted by atomic mass is 16.5. The topological polar surface area (TPSA) is 66.8 Å². The number of hydrogen-bond acceptors (Lipinski definition) is 3. The van der Waals surface area contributed by atoms with E-state index in [0.29, 0.717) is 12.4 Å². The third-order valence-corrected chi connectivity index (χ3v) is 2.84. The Morgan fingerprint density at radius 3 is 2.57 bits per heavy atom. The van der Waals surface area contributed by atoms with Gasteiger partial charge in [0.15, 0.2) is 0 Å². The number of benzene rings is 1. The van der Waals surface area contributed by atoms with Crippen LogP contribution in [0.1, 0.15) is 26.3 Å². The Morgan fingerprint density at radius 1 is 1.33 bits per heavy atom. The van der Waals surface area contributed by atoms with Gasteiger partial charge in [-0.05, 0) is 32.9 Å². The first-order chi connectivity index (χ1) is 9.95. The van der Waals surface area contributed by atoms with Gasteiger partial charge in [0.05, 0.1) is 6.61 Å². The number of carboxylic acid groups (broad SMARTS) is 1. The maximum atomic E-state index is 12.1. The smallest absolute Gasteiger partial charge is 0.323 e. The van der Waals surface area contributed by atoms with Gasteiger partial charge in [-0.25, -0.2) is 0 Å². The van der Waals surface area contributed by atoms with E-state index in [1.807, 2.05) is 31.2 Å². The van der Waals surface area contributed by atoms with Gasteiger partial charge < -0.3 is 14.7 Å². The van der Waals surface area contributed by atoms with Gasteiger partial charge in [-0.1, -0.05) is 18.2 Å². The van der Waals surface area contributed by atoms with Gasteiger partial charge in [-0.2, -0.15) is 0 Å². The maximum absolute atomic E-state index is 12.1. The van der Waals surface area contributed by atoms with Crippen LogP contribution in [0.5, 0.6) is 5.75 Å². The Labute approximate surface area is 124 Å². The average Bonchev–Trinajstić information content (AvgIpc) is 2.43. The predicted molar refractivity (Wildman–Crippen MR) is 81.1 cm³/mol. The van der Waals surface area contributed by atoms with Gasteiger partial charge >= 0.3 is 5.97 Å². The van der Waals surface area contributed by atoms with Gasteiger partial charge in [-0.3, -0.25) is 9.59 Å². The second-order valence-electron chi connectivity index (χ2n) is 4.76. The molecule has 0 saturated carbocycles. The van der Waals surface area contributed by atoms with Crippen molar-refractivity contribution in [3.8, 4) is 5.75 Å². The Bertz CT molecular complexity index is 523. The molecule has 21 heavy (non-hydrogen) atoms. The fourth-order valence-corrected chi connectivity index (χ4v) is 1.82. The quantitative estimate of drug-likeness (QED) is 0.783. The lowest BCUT2D eigenvalue weighted by Crippen LogP contribution is -2.39. The molecule has 5 heteroatoms. The van der Waals surface area contributed by atoms with E-state index in [4.69, 9.17) is 9.84 Å². The summed E-state index contributed by atoms with van der Waals surface area (Å²) < 4.78 is 5.47. The highest BCUT2D eigenvalue weighted by molar-refractivity contribution is 5.94. The van der Waals surface area contributed by atoms with Gasteiger partial charge in [0.1, 0.15) is 12.3 Å². The number of para-hydroxylation sites is 1. The molecule has 1 rings (SSSR count). The monoisotopic (exact) mass is 291 g/mol. The molecule has 1 aromatic rings. The zero-order chi connectivity index (χ0) is 15.8. The maximum Gasteiger partial charge on any atom is 0.323 e. The number of aliphatic carboxylic acids is 1. The molecular weight excluding hydrogens is 270 g/mol. The molecule has 0 saturated heterocycles. The van der Waals surface area contributed by atoms with Crippen LogP contribution in [0.25, 0.3) is 6.08 Å². The second kappa shape index (κ2) is 8.09. The first-order valence-corrected chi connectivity index (χ1v) is 6.88. The van der Waals surface area contributed by atoms with Crippen molar-refractivity contribution in [2.45, 2.75) is 26.8 Å². The summed E-state index contributed by atoms with van der Waals surface area (Å²) in [5.41, 5.74) is 0.784. The summed E-state index contributed by atoms with van der Waals surface area (Å²) in [6, 6.07) is 7.19. The van der Waals surface area contributed by atoms with E-state index >= 15 is 0 Å². The van der Waals surface area contributed by atoms with Crippen molar-refractivity contribution >= 4 is 18.0 Å². The Hall–Kier alpha value is -2.30. The minimum absolute atomic E-state index is 0.180. The molecule has 1 amide bonds. The second-order valence-corrected chi connectivity index (χ2v) is 4.76. The number of carboxylic acids is 1. The van der Waals surface area contributed by atoms with Crippen molar-refractivity contribution in [2.24, 2.45) is 0 Å². The third-order valence-electron chi connectivity index (χ3n) is 2.84. The lowest BCUT2D eigenvalue weighted by Gasteiger charge is -2.23. The fraction of sp³-hybridized carbons (Fsp3) is 0.375. The van der Waals surface area contributed by atoms with Crippen LogP contribution in [-0.2, 0) is 9.59 Å². The lowest BCUT2D eigenvalue weighted by molar-refractivity contribution is -0.143. The Kier molecular flexibility index (Phi) is 6.46. The molecule has 0 atom stereocenters. The van der Waals surface area contributed by atoms with Crippen LogP contribution in [-0.4, -0.2) is 41.1 Å². The van der Waals surface area contributed by atoms with Crippen LogP contribution in [0.3, 0.4) is 0 Å². The highest BCUT2D eigenvalue weighted by Gasteiger charge is 2.17. The summed E-state index contributed by atoms with van der Waals surface area (Å²) in [4.78, 5) is 24.2. The van der Waals surface area contributed by atoms with Crippen LogP contribution in [0, 0.1) is 0 Å². The fourth-order valence-electron chi connectivity index (χ4n) is 1.82. The third kappa shape index (κ3) is 5.30. The van der Waals surface area contributed by atoms with Crippen LogP contribution in [0.15, 0.2) is 30.3 Å². The molecule has 0 unspecified atom stereocenters. The number of rotatable bonds is 7. The molecule has 0 heterocycles. The first kappa shape index (κ1) is 16.8. The van der Waals surface area contributed by atoms with E-state index in [1.165, 1.54) is 11.0 Å². The first-order valence-electron chi connectivity index (χ1n) is 6.88. The van der Waals surface area contributed by atoms with Crippen LogP contribution in [0.4, 0.5) is 0 Å². The lowest BCUT2D eigenvalue weighted by atomic mass is 10.2. The van der Waals surface area contributed by atoms with E-state index in [2.05, 4.69) is 0 Å². The van der Waals surface area contributed by atoms with Crippen molar-refractivity contribution in [1.82, 2.24) is 4.90 Å². The number of carbonyl (C=O) groups excluding carboxylic acids is 1. The van der Waals surface area contributed by atoms with Crippen LogP contribution >= 0.6 is 0 Å². The van der Waals surface area contributed by atoms with E-state index < -0.39 is 5.97 Å². The summed E-state index contributed by atoms with van der Waals surface area (Å²) >= 11 is 0. The molecule has 0 aromatic heterocycles. The number of ether oxygens (including phenoxy) is 1. The minimum Gasteiger partial charge on any atom is -0.493 e. The number of hydrogen-bond donors (Lipinski definition) is 1. The van der Waals surface area contributed by atoms with Crippen LogP contribution in [0.2, 0.25) is 0 Å². The zero-order valence-corrected chi connectivity index (χ0v) is 12.6. The molecule has 0 spiro atoms. The van der Waals surface area contributed by atoms with Gasteiger partial charge in [-0.15, -0.1) is 0 Å². The summed E-state index contributed by atoms with van der Waals surface area (Å²) in [6.45, 7) is 5.68. The summed E-state index contributed by atoms with van der Waals surface area (Å²) in [5, 5.41) is 8.84. The van der Waals surface area contributed by atoms with Crippen molar-refractivity contribution in [2.75, 3.05) is 13.2 Å². The Morgan fingerprint density at radius 2 is 2.00 bits per heavy atom. The van der Waals surface area contributed by atoms with E-state index in [0.717, 1.165) is 5.56 Å². The standard InChI is InChI=1S/C16H21NO4/c1-4-21-14-8-6-5-7-13(14)9-10-15(18)17(12(2)3)11-16(19)20/h5-10,12H,4,11H2,1-3H3,(H,19,20)/b10-9+. The van der Waals surface area contributed by atoms with E-state index in [1.54, 1.807) is 19.9 Å². The van der Waals surface area contributed by atoms with Crippen molar-refractivity contribution in [1.29, 1.82) is 0 Å². The molecule has 0 aliphatic heterocycles. The Balaban J connectivity index is 2.87. The average molecular weight is 291 g/mol. The SMILES string of the molecule is CCOc1ccccc1/C=C/C(=O)N(CC(=O)O)C(C)C. The summed E-state index contributed by atoms with van der Waals surface area (Å²) in [7, 11) is 0.